The van der Waals surface area contributed by atoms with Gasteiger partial charge in [0.15, 0.2) is 12.4 Å². The maximum absolute atomic E-state index is 4.61. The molecule has 0 amide bonds. The van der Waals surface area contributed by atoms with E-state index in [1.807, 2.05) is 12.4 Å². The maximum Gasteiger partial charge on any atom is 0.244 e. The SMILES string of the molecule is CCCCCCCCCCCCC([C+]1N=CC=N1)C(Cc1ccccc1)C(C)C. The molecule has 29 heavy (non-hydrogen) atoms. The lowest BCUT2D eigenvalue weighted by Gasteiger charge is -2.29. The fraction of sp³-hybridized carbons (Fsp3) is 0.667. The molecule has 0 bridgehead atoms. The lowest BCUT2D eigenvalue weighted by molar-refractivity contribution is 0.240. The van der Waals surface area contributed by atoms with Gasteiger partial charge in [0.2, 0.25) is 6.17 Å². The van der Waals surface area contributed by atoms with Crippen LogP contribution in [-0.4, -0.2) is 12.4 Å². The van der Waals surface area contributed by atoms with Crippen molar-refractivity contribution in [3.05, 3.63) is 42.1 Å². The molecule has 0 fully saturated rings. The lowest BCUT2D eigenvalue weighted by atomic mass is 9.75. The Morgan fingerprint density at radius 2 is 1.31 bits per heavy atom. The summed E-state index contributed by atoms with van der Waals surface area (Å²) >= 11 is 0. The van der Waals surface area contributed by atoms with E-state index in [1.54, 1.807) is 0 Å². The van der Waals surface area contributed by atoms with Gasteiger partial charge < -0.3 is 0 Å². The molecule has 1 heterocycles. The van der Waals surface area contributed by atoms with Gasteiger partial charge in [-0.3, -0.25) is 0 Å². The molecule has 1 aromatic carbocycles. The van der Waals surface area contributed by atoms with Gasteiger partial charge in [0.1, 0.15) is 0 Å². The first-order valence-corrected chi connectivity index (χ1v) is 12.2. The van der Waals surface area contributed by atoms with Crippen LogP contribution in [0, 0.1) is 23.9 Å². The molecule has 1 aromatic rings. The Labute approximate surface area is 180 Å². The molecular formula is C27H43N2+. The Morgan fingerprint density at radius 1 is 0.759 bits per heavy atom. The molecule has 1 aliphatic heterocycles. The van der Waals surface area contributed by atoms with Gasteiger partial charge >= 0.3 is 0 Å². The van der Waals surface area contributed by atoms with Crippen LogP contribution < -0.4 is 0 Å². The van der Waals surface area contributed by atoms with Gasteiger partial charge in [-0.05, 0) is 30.2 Å². The van der Waals surface area contributed by atoms with E-state index in [4.69, 9.17) is 0 Å². The third-order valence-electron chi connectivity index (χ3n) is 6.37. The predicted octanol–water partition coefficient (Wildman–Crippen LogP) is 8.07. The fourth-order valence-corrected chi connectivity index (χ4v) is 4.56. The topological polar surface area (TPSA) is 24.7 Å². The number of hydrogen-bond donors (Lipinski definition) is 0. The molecule has 2 heteroatoms. The summed E-state index contributed by atoms with van der Waals surface area (Å²) in [5.41, 5.74) is 1.44. The van der Waals surface area contributed by atoms with E-state index in [2.05, 4.69) is 61.1 Å². The minimum Gasteiger partial charge on any atom is -0.0965 e. The van der Waals surface area contributed by atoms with Gasteiger partial charge in [-0.1, -0.05) is 125 Å². The van der Waals surface area contributed by atoms with Crippen molar-refractivity contribution in [2.75, 3.05) is 0 Å². The largest absolute Gasteiger partial charge is 0.244 e. The summed E-state index contributed by atoms with van der Waals surface area (Å²) in [4.78, 5) is 9.23. The third-order valence-corrected chi connectivity index (χ3v) is 6.37. The molecule has 2 atom stereocenters. The molecule has 0 aromatic heterocycles. The number of nitrogens with zero attached hydrogens (tertiary/aromatic N) is 2. The Bertz CT molecular complexity index is 563. The highest BCUT2D eigenvalue weighted by atomic mass is 15.0. The van der Waals surface area contributed by atoms with Crippen molar-refractivity contribution >= 4 is 12.4 Å². The van der Waals surface area contributed by atoms with Crippen molar-refractivity contribution in [1.82, 2.24) is 0 Å². The van der Waals surface area contributed by atoms with Gasteiger partial charge in [0.25, 0.3) is 0 Å². The van der Waals surface area contributed by atoms with Crippen molar-refractivity contribution in [2.24, 2.45) is 27.7 Å². The van der Waals surface area contributed by atoms with Crippen LogP contribution in [0.1, 0.15) is 97.0 Å². The molecule has 0 spiro atoms. The molecule has 2 rings (SSSR count). The van der Waals surface area contributed by atoms with Crippen molar-refractivity contribution in [2.45, 2.75) is 97.8 Å². The summed E-state index contributed by atoms with van der Waals surface area (Å²) in [5.74, 6) is 1.69. The van der Waals surface area contributed by atoms with Crippen LogP contribution in [0.3, 0.4) is 0 Å². The first-order valence-electron chi connectivity index (χ1n) is 12.2. The van der Waals surface area contributed by atoms with Crippen LogP contribution in [0.2, 0.25) is 0 Å². The molecule has 2 nitrogen and oxygen atoms in total. The smallest absolute Gasteiger partial charge is 0.0965 e. The monoisotopic (exact) mass is 395 g/mol. The number of rotatable bonds is 16. The molecule has 2 unspecified atom stereocenters. The first kappa shape index (κ1) is 23.7. The average molecular weight is 396 g/mol. The average Bonchev–Trinajstić information content (AvgIpc) is 3.26. The highest BCUT2D eigenvalue weighted by molar-refractivity contribution is 6.18. The molecule has 0 radical (unpaired) electrons. The summed E-state index contributed by atoms with van der Waals surface area (Å²) in [6.07, 6.45) is 21.0. The van der Waals surface area contributed by atoms with E-state index in [9.17, 15) is 0 Å². The Morgan fingerprint density at radius 3 is 1.86 bits per heavy atom. The van der Waals surface area contributed by atoms with Crippen molar-refractivity contribution in [3.8, 4) is 0 Å². The number of benzene rings is 1. The van der Waals surface area contributed by atoms with E-state index < -0.39 is 0 Å². The van der Waals surface area contributed by atoms with E-state index in [1.165, 1.54) is 76.2 Å². The zero-order valence-corrected chi connectivity index (χ0v) is 19.2. The molecule has 1 aliphatic rings. The maximum atomic E-state index is 4.61. The third kappa shape index (κ3) is 9.19. The standard InChI is InChI=1S/C27H43N2/c1-4-5-6-7-8-9-10-11-12-16-19-25(27-28-20-21-29-27)26(23(2)3)22-24-17-14-13-15-18-24/h13-15,17-18,20-21,23,25-26H,4-12,16,19,22H2,1-3H3/q+1. The zero-order chi connectivity index (χ0) is 20.7. The van der Waals surface area contributed by atoms with Crippen LogP contribution in [-0.2, 0) is 6.42 Å². The summed E-state index contributed by atoms with van der Waals surface area (Å²) in [7, 11) is 0. The molecule has 160 valence electrons. The summed E-state index contributed by atoms with van der Waals surface area (Å²) < 4.78 is 0. The van der Waals surface area contributed by atoms with Crippen LogP contribution in [0.5, 0.6) is 0 Å². The Kier molecular flexibility index (Phi) is 11.8. The molecule has 0 saturated heterocycles. The van der Waals surface area contributed by atoms with Crippen molar-refractivity contribution in [3.63, 3.8) is 0 Å². The number of aliphatic imine (C=N–C) groups is 2. The summed E-state index contributed by atoms with van der Waals surface area (Å²) in [5, 5.41) is 0. The Hall–Kier alpha value is -1.57. The van der Waals surface area contributed by atoms with Gasteiger partial charge in [-0.2, -0.15) is 0 Å². The van der Waals surface area contributed by atoms with E-state index in [0.29, 0.717) is 17.8 Å². The van der Waals surface area contributed by atoms with Crippen molar-refractivity contribution < 1.29 is 0 Å². The number of hydrogen-bond acceptors (Lipinski definition) is 2. The van der Waals surface area contributed by atoms with Crippen molar-refractivity contribution in [1.29, 1.82) is 0 Å². The quantitative estimate of drug-likeness (QED) is 0.200. The molecule has 0 aliphatic carbocycles. The predicted molar refractivity (Wildman–Crippen MR) is 129 cm³/mol. The second-order valence-corrected chi connectivity index (χ2v) is 9.09. The zero-order valence-electron chi connectivity index (χ0n) is 19.2. The normalized spacial score (nSPS) is 15.4. The minimum absolute atomic E-state index is 0.472. The highest BCUT2D eigenvalue weighted by Gasteiger charge is 2.36. The van der Waals surface area contributed by atoms with Gasteiger partial charge in [-0.15, -0.1) is 0 Å². The van der Waals surface area contributed by atoms with Crippen LogP contribution in [0.15, 0.2) is 40.3 Å². The van der Waals surface area contributed by atoms with E-state index in [-0.39, 0.29) is 0 Å². The first-order chi connectivity index (χ1) is 14.2. The van der Waals surface area contributed by atoms with Gasteiger partial charge in [0.05, 0.1) is 5.92 Å². The lowest BCUT2D eigenvalue weighted by Crippen LogP contribution is -2.26. The van der Waals surface area contributed by atoms with Crippen LogP contribution in [0.25, 0.3) is 0 Å². The van der Waals surface area contributed by atoms with Crippen LogP contribution >= 0.6 is 0 Å². The minimum atomic E-state index is 0.472. The van der Waals surface area contributed by atoms with E-state index in [0.717, 1.165) is 12.6 Å². The molecule has 0 saturated carbocycles. The second-order valence-electron chi connectivity index (χ2n) is 9.09. The highest BCUT2D eigenvalue weighted by Crippen LogP contribution is 2.37. The fourth-order valence-electron chi connectivity index (χ4n) is 4.56. The Balaban J connectivity index is 1.78. The van der Waals surface area contributed by atoms with Gasteiger partial charge in [0, 0.05) is 0 Å². The molecular weight excluding hydrogens is 352 g/mol. The van der Waals surface area contributed by atoms with E-state index >= 15 is 0 Å². The van der Waals surface area contributed by atoms with Crippen LogP contribution in [0.4, 0.5) is 0 Å². The molecule has 0 N–H and O–H groups in total. The van der Waals surface area contributed by atoms with Gasteiger partial charge in [-0.25, -0.2) is 0 Å². The summed E-state index contributed by atoms with van der Waals surface area (Å²) in [6, 6.07) is 10.9. The number of unbranched alkanes of at least 4 members (excludes halogenated alkanes) is 9. The second kappa shape index (κ2) is 14.4. The summed E-state index contributed by atoms with van der Waals surface area (Å²) in [6.45, 7) is 7.02.